The summed E-state index contributed by atoms with van der Waals surface area (Å²) in [5, 5.41) is 3.00. The van der Waals surface area contributed by atoms with Crippen LogP contribution < -0.4 is 5.32 Å². The lowest BCUT2D eigenvalue weighted by Gasteiger charge is -2.09. The van der Waals surface area contributed by atoms with Crippen LogP contribution in [-0.2, 0) is 9.53 Å². The lowest BCUT2D eigenvalue weighted by Crippen LogP contribution is -2.28. The number of amides is 1. The molecule has 1 saturated heterocycles. The molecule has 1 N–H and O–H groups in total. The Kier molecular flexibility index (Phi) is 3.37. The Hall–Kier alpha value is -1.29. The molecule has 3 unspecified atom stereocenters. The van der Waals surface area contributed by atoms with E-state index in [0.717, 1.165) is 44.6 Å². The van der Waals surface area contributed by atoms with Crippen molar-refractivity contribution >= 4 is 5.91 Å². The van der Waals surface area contributed by atoms with Gasteiger partial charge in [0.15, 0.2) is 0 Å². The smallest absolute Gasteiger partial charge is 0.223 e. The molecule has 0 spiro atoms. The summed E-state index contributed by atoms with van der Waals surface area (Å²) in [6, 6.07) is 3.82. The zero-order valence-corrected chi connectivity index (χ0v) is 10.4. The number of furan rings is 1. The highest BCUT2D eigenvalue weighted by atomic mass is 16.5. The van der Waals surface area contributed by atoms with E-state index in [1.807, 2.05) is 12.1 Å². The minimum Gasteiger partial charge on any atom is -0.469 e. The van der Waals surface area contributed by atoms with E-state index in [-0.39, 0.29) is 11.8 Å². The fourth-order valence-corrected chi connectivity index (χ4v) is 2.66. The summed E-state index contributed by atoms with van der Waals surface area (Å²) >= 11 is 0. The van der Waals surface area contributed by atoms with Gasteiger partial charge in [-0.3, -0.25) is 4.79 Å². The molecule has 3 rings (SSSR count). The summed E-state index contributed by atoms with van der Waals surface area (Å²) < 4.78 is 10.8. The van der Waals surface area contributed by atoms with Crippen molar-refractivity contribution in [1.29, 1.82) is 0 Å². The van der Waals surface area contributed by atoms with Crippen molar-refractivity contribution in [3.05, 3.63) is 24.2 Å². The monoisotopic (exact) mass is 249 g/mol. The summed E-state index contributed by atoms with van der Waals surface area (Å²) in [4.78, 5) is 11.9. The third-order valence-corrected chi connectivity index (χ3v) is 3.83. The maximum Gasteiger partial charge on any atom is 0.223 e. The first-order valence-corrected chi connectivity index (χ1v) is 6.77. The standard InChI is InChI=1S/C14H19NO3/c16-14(15-6-5-10-3-1-7-17-10)12-9-11(12)13-4-2-8-18-13/h2,4,8,10-12H,1,3,5-7,9H2,(H,15,16). The van der Waals surface area contributed by atoms with Crippen molar-refractivity contribution in [1.82, 2.24) is 5.32 Å². The quantitative estimate of drug-likeness (QED) is 0.869. The van der Waals surface area contributed by atoms with Crippen LogP contribution in [0.3, 0.4) is 0 Å². The fraction of sp³-hybridized carbons (Fsp3) is 0.643. The third kappa shape index (κ3) is 2.58. The number of hydrogen-bond acceptors (Lipinski definition) is 3. The topological polar surface area (TPSA) is 51.5 Å². The van der Waals surface area contributed by atoms with Gasteiger partial charge in [-0.2, -0.15) is 0 Å². The van der Waals surface area contributed by atoms with Crippen molar-refractivity contribution in [3.63, 3.8) is 0 Å². The van der Waals surface area contributed by atoms with Gasteiger partial charge in [-0.15, -0.1) is 0 Å². The lowest BCUT2D eigenvalue weighted by atomic mass is 10.2. The highest BCUT2D eigenvalue weighted by Crippen LogP contribution is 2.47. The Morgan fingerprint density at radius 1 is 1.50 bits per heavy atom. The number of carbonyl (C=O) groups excluding carboxylic acids is 1. The maximum atomic E-state index is 11.9. The predicted molar refractivity (Wildman–Crippen MR) is 66.2 cm³/mol. The molecule has 3 atom stereocenters. The van der Waals surface area contributed by atoms with E-state index < -0.39 is 0 Å². The molecule has 1 aliphatic carbocycles. The summed E-state index contributed by atoms with van der Waals surface area (Å²) in [6.45, 7) is 1.60. The van der Waals surface area contributed by atoms with Gasteiger partial charge in [0.1, 0.15) is 5.76 Å². The second-order valence-electron chi connectivity index (χ2n) is 5.18. The first kappa shape index (κ1) is 11.8. The molecule has 98 valence electrons. The second-order valence-corrected chi connectivity index (χ2v) is 5.18. The largest absolute Gasteiger partial charge is 0.469 e. The maximum absolute atomic E-state index is 11.9. The van der Waals surface area contributed by atoms with E-state index in [0.29, 0.717) is 12.0 Å². The normalized spacial score (nSPS) is 30.3. The second kappa shape index (κ2) is 5.14. The van der Waals surface area contributed by atoms with Crippen molar-refractivity contribution < 1.29 is 13.9 Å². The van der Waals surface area contributed by atoms with Crippen molar-refractivity contribution in [2.24, 2.45) is 5.92 Å². The molecular formula is C14H19NO3. The van der Waals surface area contributed by atoms with Gasteiger partial charge in [-0.25, -0.2) is 0 Å². The molecule has 4 nitrogen and oxygen atoms in total. The summed E-state index contributed by atoms with van der Waals surface area (Å²) in [5.41, 5.74) is 0. The molecule has 1 aromatic rings. The molecule has 2 fully saturated rings. The van der Waals surface area contributed by atoms with Crippen LogP contribution in [0.15, 0.2) is 22.8 Å². The van der Waals surface area contributed by atoms with Crippen molar-refractivity contribution in [2.75, 3.05) is 13.2 Å². The van der Waals surface area contributed by atoms with Gasteiger partial charge in [0.2, 0.25) is 5.91 Å². The third-order valence-electron chi connectivity index (χ3n) is 3.83. The van der Waals surface area contributed by atoms with Crippen LogP contribution in [-0.4, -0.2) is 25.2 Å². The van der Waals surface area contributed by atoms with E-state index in [1.165, 1.54) is 0 Å². The number of hydrogen-bond donors (Lipinski definition) is 1. The van der Waals surface area contributed by atoms with Gasteiger partial charge < -0.3 is 14.5 Å². The fourth-order valence-electron chi connectivity index (χ4n) is 2.66. The lowest BCUT2D eigenvalue weighted by molar-refractivity contribution is -0.122. The van der Waals surface area contributed by atoms with E-state index in [2.05, 4.69) is 5.32 Å². The van der Waals surface area contributed by atoms with Crippen molar-refractivity contribution in [2.45, 2.75) is 37.7 Å². The summed E-state index contributed by atoms with van der Waals surface area (Å²) in [6.07, 6.45) is 6.16. The Balaban J connectivity index is 1.38. The molecule has 4 heteroatoms. The van der Waals surface area contributed by atoms with Gasteiger partial charge in [-0.05, 0) is 37.8 Å². The van der Waals surface area contributed by atoms with Crippen LogP contribution in [0.25, 0.3) is 0 Å². The van der Waals surface area contributed by atoms with Crippen molar-refractivity contribution in [3.8, 4) is 0 Å². The number of rotatable bonds is 5. The molecule has 1 amide bonds. The molecule has 1 aliphatic heterocycles. The van der Waals surface area contributed by atoms with Crippen LogP contribution >= 0.6 is 0 Å². The van der Waals surface area contributed by atoms with Crippen LogP contribution in [0.2, 0.25) is 0 Å². The summed E-state index contributed by atoms with van der Waals surface area (Å²) in [5.74, 6) is 1.51. The van der Waals surface area contributed by atoms with Gasteiger partial charge in [-0.1, -0.05) is 0 Å². The molecule has 0 bridgehead atoms. The Morgan fingerprint density at radius 3 is 3.17 bits per heavy atom. The highest BCUT2D eigenvalue weighted by molar-refractivity contribution is 5.82. The number of ether oxygens (including phenoxy) is 1. The van der Waals surface area contributed by atoms with E-state index in [4.69, 9.17) is 9.15 Å². The average Bonchev–Trinajstić information content (AvgIpc) is 2.84. The number of carbonyl (C=O) groups is 1. The SMILES string of the molecule is O=C(NCCC1CCCO1)C1CC1c1ccco1. The first-order chi connectivity index (χ1) is 8.84. The van der Waals surface area contributed by atoms with Crippen LogP contribution in [0.4, 0.5) is 0 Å². The number of nitrogens with one attached hydrogen (secondary N) is 1. The van der Waals surface area contributed by atoms with E-state index >= 15 is 0 Å². The molecule has 2 heterocycles. The zero-order valence-electron chi connectivity index (χ0n) is 10.4. The van der Waals surface area contributed by atoms with Crippen LogP contribution in [0.5, 0.6) is 0 Å². The first-order valence-electron chi connectivity index (χ1n) is 6.77. The Labute approximate surface area is 107 Å². The minimum atomic E-state index is 0.112. The van der Waals surface area contributed by atoms with Gasteiger partial charge in [0, 0.05) is 25.0 Å². The minimum absolute atomic E-state index is 0.112. The Bertz CT molecular complexity index is 395. The van der Waals surface area contributed by atoms with Gasteiger partial charge in [0.25, 0.3) is 0 Å². The van der Waals surface area contributed by atoms with Gasteiger partial charge >= 0.3 is 0 Å². The molecule has 0 radical (unpaired) electrons. The average molecular weight is 249 g/mol. The molecule has 1 aromatic heterocycles. The van der Waals surface area contributed by atoms with E-state index in [9.17, 15) is 4.79 Å². The predicted octanol–water partition coefficient (Wildman–Crippen LogP) is 2.07. The molecule has 2 aliphatic rings. The van der Waals surface area contributed by atoms with Gasteiger partial charge in [0.05, 0.1) is 12.4 Å². The highest BCUT2D eigenvalue weighted by Gasteiger charge is 2.45. The van der Waals surface area contributed by atoms with Crippen LogP contribution in [0, 0.1) is 5.92 Å². The molecular weight excluding hydrogens is 230 g/mol. The molecule has 1 saturated carbocycles. The zero-order chi connectivity index (χ0) is 12.4. The van der Waals surface area contributed by atoms with Crippen LogP contribution in [0.1, 0.15) is 37.4 Å². The molecule has 18 heavy (non-hydrogen) atoms. The summed E-state index contributed by atoms with van der Waals surface area (Å²) in [7, 11) is 0. The van der Waals surface area contributed by atoms with E-state index in [1.54, 1.807) is 6.26 Å². The molecule has 0 aromatic carbocycles. The Morgan fingerprint density at radius 2 is 2.44 bits per heavy atom.